The molecule has 0 radical (unpaired) electrons. The first-order valence-corrected chi connectivity index (χ1v) is 8.26. The zero-order valence-electron chi connectivity index (χ0n) is 14.5. The number of benzene rings is 1. The molecule has 0 amide bonds. The molecule has 0 saturated heterocycles. The molecule has 0 atom stereocenters. The topological polar surface area (TPSA) is 21.3 Å². The van der Waals surface area contributed by atoms with Crippen molar-refractivity contribution in [3.05, 3.63) is 29.3 Å². The van der Waals surface area contributed by atoms with Crippen LogP contribution in [0.3, 0.4) is 0 Å². The van der Waals surface area contributed by atoms with Gasteiger partial charge in [-0.2, -0.15) is 0 Å². The lowest BCUT2D eigenvalue weighted by atomic mass is 9.55. The van der Waals surface area contributed by atoms with Crippen LogP contribution in [0.25, 0.3) is 0 Å². The Hall–Kier alpha value is -1.02. The first kappa shape index (κ1) is 16.4. The van der Waals surface area contributed by atoms with E-state index in [1.165, 1.54) is 24.0 Å². The first-order chi connectivity index (χ1) is 9.88. The van der Waals surface area contributed by atoms with Crippen molar-refractivity contribution < 1.29 is 4.74 Å². The number of methoxy groups -OCH3 is 1. The smallest absolute Gasteiger partial charge is 0.122 e. The molecule has 1 aliphatic rings. The van der Waals surface area contributed by atoms with Crippen molar-refractivity contribution in [3.63, 3.8) is 0 Å². The van der Waals surface area contributed by atoms with Gasteiger partial charge in [-0.05, 0) is 37.7 Å². The van der Waals surface area contributed by atoms with Gasteiger partial charge in [-0.1, -0.05) is 45.4 Å². The maximum Gasteiger partial charge on any atom is 0.122 e. The zero-order chi connectivity index (χ0) is 15.6. The fourth-order valence-electron chi connectivity index (χ4n) is 3.51. The molecule has 0 unspecified atom stereocenters. The summed E-state index contributed by atoms with van der Waals surface area (Å²) in [4.78, 5) is 0. The summed E-state index contributed by atoms with van der Waals surface area (Å²) >= 11 is 0. The summed E-state index contributed by atoms with van der Waals surface area (Å²) in [6.45, 7) is 12.4. The van der Waals surface area contributed by atoms with Crippen LogP contribution in [0.2, 0.25) is 0 Å². The molecule has 1 fully saturated rings. The van der Waals surface area contributed by atoms with Crippen molar-refractivity contribution in [2.24, 2.45) is 11.8 Å². The van der Waals surface area contributed by atoms with Crippen LogP contribution in [0.4, 0.5) is 0 Å². The molecule has 21 heavy (non-hydrogen) atoms. The Labute approximate surface area is 130 Å². The minimum atomic E-state index is 0.247. The van der Waals surface area contributed by atoms with Gasteiger partial charge in [0.25, 0.3) is 0 Å². The van der Waals surface area contributed by atoms with E-state index >= 15 is 0 Å². The summed E-state index contributed by atoms with van der Waals surface area (Å²) in [7, 11) is 1.79. The van der Waals surface area contributed by atoms with Crippen LogP contribution in [0.5, 0.6) is 5.75 Å². The van der Waals surface area contributed by atoms with Gasteiger partial charge in [-0.25, -0.2) is 0 Å². The summed E-state index contributed by atoms with van der Waals surface area (Å²) < 4.78 is 5.66. The molecule has 2 rings (SSSR count). The van der Waals surface area contributed by atoms with Crippen LogP contribution in [-0.2, 0) is 5.41 Å². The molecule has 1 N–H and O–H groups in total. The largest absolute Gasteiger partial charge is 0.496 e. The number of aryl methyl sites for hydroxylation is 1. The summed E-state index contributed by atoms with van der Waals surface area (Å²) in [6.07, 6.45) is 2.54. The van der Waals surface area contributed by atoms with Crippen LogP contribution in [0.1, 0.15) is 51.7 Å². The minimum Gasteiger partial charge on any atom is -0.496 e. The van der Waals surface area contributed by atoms with Crippen LogP contribution in [-0.4, -0.2) is 19.7 Å². The average molecular weight is 289 g/mol. The summed E-state index contributed by atoms with van der Waals surface area (Å²) in [5.41, 5.74) is 2.97. The number of hydrogen-bond donors (Lipinski definition) is 1. The highest BCUT2D eigenvalue weighted by atomic mass is 16.5. The SMILES string of the molecule is COc1ccc(C)cc1C1(CNC(C)C)CC(C(C)C)C1. The molecule has 0 bridgehead atoms. The Balaban J connectivity index is 2.30. The highest BCUT2D eigenvalue weighted by Crippen LogP contribution is 2.52. The van der Waals surface area contributed by atoms with Crippen LogP contribution < -0.4 is 10.1 Å². The normalized spacial score (nSPS) is 25.2. The predicted octanol–water partition coefficient (Wildman–Crippen LogP) is 4.31. The molecule has 2 heteroatoms. The minimum absolute atomic E-state index is 0.247. The molecule has 0 aromatic heterocycles. The van der Waals surface area contributed by atoms with Crippen molar-refractivity contribution in [1.29, 1.82) is 0 Å². The van der Waals surface area contributed by atoms with Gasteiger partial charge in [0.15, 0.2) is 0 Å². The van der Waals surface area contributed by atoms with Gasteiger partial charge in [0.1, 0.15) is 5.75 Å². The van der Waals surface area contributed by atoms with E-state index in [-0.39, 0.29) is 5.41 Å². The Kier molecular flexibility index (Phi) is 4.98. The van der Waals surface area contributed by atoms with E-state index < -0.39 is 0 Å². The van der Waals surface area contributed by atoms with Crippen LogP contribution in [0.15, 0.2) is 18.2 Å². The molecule has 1 aromatic rings. The lowest BCUT2D eigenvalue weighted by Gasteiger charge is -2.51. The van der Waals surface area contributed by atoms with Gasteiger partial charge >= 0.3 is 0 Å². The van der Waals surface area contributed by atoms with E-state index in [9.17, 15) is 0 Å². The summed E-state index contributed by atoms with van der Waals surface area (Å²) in [5.74, 6) is 2.66. The molecule has 2 nitrogen and oxygen atoms in total. The summed E-state index contributed by atoms with van der Waals surface area (Å²) in [6, 6.07) is 7.13. The third-order valence-corrected chi connectivity index (χ3v) is 5.02. The summed E-state index contributed by atoms with van der Waals surface area (Å²) in [5, 5.41) is 3.66. The highest BCUT2D eigenvalue weighted by molar-refractivity contribution is 5.44. The van der Waals surface area contributed by atoms with E-state index in [1.54, 1.807) is 7.11 Å². The molecule has 0 spiro atoms. The van der Waals surface area contributed by atoms with E-state index in [2.05, 4.69) is 58.1 Å². The van der Waals surface area contributed by atoms with Crippen molar-refractivity contribution >= 4 is 0 Å². The van der Waals surface area contributed by atoms with Crippen molar-refractivity contribution in [3.8, 4) is 5.75 Å². The standard InChI is InChI=1S/C19H31NO/c1-13(2)16-10-19(11-16,12-20-14(3)4)17-9-15(5)7-8-18(17)21-6/h7-9,13-14,16,20H,10-12H2,1-6H3. The first-order valence-electron chi connectivity index (χ1n) is 8.26. The maximum absolute atomic E-state index is 5.66. The van der Waals surface area contributed by atoms with Gasteiger partial charge in [0.05, 0.1) is 7.11 Å². The third kappa shape index (κ3) is 3.42. The number of rotatable bonds is 6. The molecule has 0 heterocycles. The number of nitrogens with one attached hydrogen (secondary N) is 1. The highest BCUT2D eigenvalue weighted by Gasteiger charge is 2.47. The van der Waals surface area contributed by atoms with E-state index in [0.29, 0.717) is 6.04 Å². The molecule has 1 saturated carbocycles. The lowest BCUT2D eigenvalue weighted by molar-refractivity contribution is 0.0933. The lowest BCUT2D eigenvalue weighted by Crippen LogP contribution is -2.51. The monoisotopic (exact) mass is 289 g/mol. The van der Waals surface area contributed by atoms with Crippen LogP contribution >= 0.6 is 0 Å². The number of hydrogen-bond acceptors (Lipinski definition) is 2. The van der Waals surface area contributed by atoms with Crippen LogP contribution in [0, 0.1) is 18.8 Å². The van der Waals surface area contributed by atoms with E-state index in [0.717, 1.165) is 24.1 Å². The Morgan fingerprint density at radius 1 is 1.24 bits per heavy atom. The fraction of sp³-hybridized carbons (Fsp3) is 0.684. The fourth-order valence-corrected chi connectivity index (χ4v) is 3.51. The molecular formula is C19H31NO. The number of ether oxygens (including phenoxy) is 1. The Morgan fingerprint density at radius 2 is 1.90 bits per heavy atom. The maximum atomic E-state index is 5.66. The molecule has 0 aliphatic heterocycles. The van der Waals surface area contributed by atoms with E-state index in [4.69, 9.17) is 4.74 Å². The molecule has 1 aliphatic carbocycles. The van der Waals surface area contributed by atoms with Gasteiger partial charge in [-0.3, -0.25) is 0 Å². The van der Waals surface area contributed by atoms with Gasteiger partial charge < -0.3 is 10.1 Å². The second kappa shape index (κ2) is 6.39. The predicted molar refractivity (Wildman–Crippen MR) is 90.1 cm³/mol. The van der Waals surface area contributed by atoms with Crippen molar-refractivity contribution in [2.75, 3.05) is 13.7 Å². The second-order valence-corrected chi connectivity index (χ2v) is 7.43. The van der Waals surface area contributed by atoms with Crippen molar-refractivity contribution in [1.82, 2.24) is 5.32 Å². The third-order valence-electron chi connectivity index (χ3n) is 5.02. The van der Waals surface area contributed by atoms with Gasteiger partial charge in [0.2, 0.25) is 0 Å². The Morgan fingerprint density at radius 3 is 2.43 bits per heavy atom. The van der Waals surface area contributed by atoms with Crippen molar-refractivity contribution in [2.45, 2.75) is 58.9 Å². The average Bonchev–Trinajstić information content (AvgIpc) is 2.37. The molecule has 118 valence electrons. The quantitative estimate of drug-likeness (QED) is 0.843. The molecular weight excluding hydrogens is 258 g/mol. The second-order valence-electron chi connectivity index (χ2n) is 7.43. The molecule has 1 aromatic carbocycles. The van der Waals surface area contributed by atoms with E-state index in [1.807, 2.05) is 0 Å². The van der Waals surface area contributed by atoms with Gasteiger partial charge in [-0.15, -0.1) is 0 Å². The van der Waals surface area contributed by atoms with Gasteiger partial charge in [0, 0.05) is 23.6 Å². The zero-order valence-corrected chi connectivity index (χ0v) is 14.5. The Bertz CT molecular complexity index is 467.